The Kier molecular flexibility index (Phi) is 4.30. The normalized spacial score (nSPS) is 19.5. The zero-order valence-corrected chi connectivity index (χ0v) is 12.8. The summed E-state index contributed by atoms with van der Waals surface area (Å²) in [6.07, 6.45) is 4.23. The third-order valence-electron chi connectivity index (χ3n) is 3.53. The molecule has 2 aromatic rings. The Morgan fingerprint density at radius 1 is 1.19 bits per heavy atom. The second-order valence-corrected chi connectivity index (χ2v) is 5.97. The van der Waals surface area contributed by atoms with E-state index < -0.39 is 11.6 Å². The molecule has 1 saturated heterocycles. The van der Waals surface area contributed by atoms with Crippen molar-refractivity contribution < 1.29 is 13.3 Å². The smallest absolute Gasteiger partial charge is 0.263 e. The Bertz CT molecular complexity index is 616. The SMILES string of the molecule is Fc1cc(Br)cc(F)c1-c1nc(C2CCCCCN2)no1. The maximum atomic E-state index is 13.9. The highest BCUT2D eigenvalue weighted by Crippen LogP contribution is 2.29. The molecule has 3 rings (SSSR count). The maximum absolute atomic E-state index is 13.9. The van der Waals surface area contributed by atoms with Gasteiger partial charge >= 0.3 is 0 Å². The second kappa shape index (κ2) is 6.19. The standard InChI is InChI=1S/C14H14BrF2N3O/c15-8-6-9(16)12(10(17)7-8)14-19-13(20-21-14)11-4-2-1-3-5-18-11/h6-7,11,18H,1-5H2. The molecule has 1 aromatic carbocycles. The van der Waals surface area contributed by atoms with Crippen LogP contribution in [0, 0.1) is 11.6 Å². The molecule has 0 bridgehead atoms. The van der Waals surface area contributed by atoms with Gasteiger partial charge in [-0.3, -0.25) is 0 Å². The third-order valence-corrected chi connectivity index (χ3v) is 3.99. The number of nitrogens with zero attached hydrogens (tertiary/aromatic N) is 2. The van der Waals surface area contributed by atoms with Crippen LogP contribution in [0.15, 0.2) is 21.1 Å². The highest BCUT2D eigenvalue weighted by Gasteiger charge is 2.23. The van der Waals surface area contributed by atoms with Gasteiger partial charge in [-0.2, -0.15) is 4.98 Å². The summed E-state index contributed by atoms with van der Waals surface area (Å²) in [6, 6.07) is 2.32. The number of hydrogen-bond acceptors (Lipinski definition) is 4. The first-order valence-corrected chi connectivity index (χ1v) is 7.66. The minimum Gasteiger partial charge on any atom is -0.334 e. The van der Waals surface area contributed by atoms with Crippen molar-refractivity contribution in [1.82, 2.24) is 15.5 Å². The average Bonchev–Trinajstić information content (AvgIpc) is 2.72. The van der Waals surface area contributed by atoms with Crippen molar-refractivity contribution >= 4 is 15.9 Å². The highest BCUT2D eigenvalue weighted by molar-refractivity contribution is 9.10. The van der Waals surface area contributed by atoms with Crippen LogP contribution in [0.4, 0.5) is 8.78 Å². The van der Waals surface area contributed by atoms with Crippen molar-refractivity contribution in [3.63, 3.8) is 0 Å². The average molecular weight is 358 g/mol. The summed E-state index contributed by atoms with van der Waals surface area (Å²) in [5, 5.41) is 7.19. The highest BCUT2D eigenvalue weighted by atomic mass is 79.9. The van der Waals surface area contributed by atoms with Crippen LogP contribution in [0.5, 0.6) is 0 Å². The Morgan fingerprint density at radius 2 is 1.95 bits per heavy atom. The van der Waals surface area contributed by atoms with E-state index >= 15 is 0 Å². The van der Waals surface area contributed by atoms with E-state index in [9.17, 15) is 8.78 Å². The van der Waals surface area contributed by atoms with E-state index in [1.54, 1.807) is 0 Å². The van der Waals surface area contributed by atoms with Crippen LogP contribution in [-0.4, -0.2) is 16.7 Å². The van der Waals surface area contributed by atoms with E-state index in [0.717, 1.165) is 32.2 Å². The van der Waals surface area contributed by atoms with Crippen LogP contribution >= 0.6 is 15.9 Å². The van der Waals surface area contributed by atoms with E-state index in [4.69, 9.17) is 4.52 Å². The van der Waals surface area contributed by atoms with Crippen LogP contribution in [0.3, 0.4) is 0 Å². The first-order valence-electron chi connectivity index (χ1n) is 6.87. The molecule has 1 aliphatic heterocycles. The zero-order chi connectivity index (χ0) is 14.8. The van der Waals surface area contributed by atoms with E-state index in [1.807, 2.05) is 0 Å². The Labute approximate surface area is 129 Å². The fraction of sp³-hybridized carbons (Fsp3) is 0.429. The molecular weight excluding hydrogens is 344 g/mol. The largest absolute Gasteiger partial charge is 0.334 e. The summed E-state index contributed by atoms with van der Waals surface area (Å²) in [6.45, 7) is 0.884. The third kappa shape index (κ3) is 3.13. The summed E-state index contributed by atoms with van der Waals surface area (Å²) < 4.78 is 33.2. The Hall–Kier alpha value is -1.34. The van der Waals surface area contributed by atoms with Crippen LogP contribution in [0.25, 0.3) is 11.5 Å². The van der Waals surface area contributed by atoms with Gasteiger partial charge in [0.05, 0.1) is 6.04 Å². The van der Waals surface area contributed by atoms with Crippen molar-refractivity contribution in [1.29, 1.82) is 0 Å². The Morgan fingerprint density at radius 3 is 2.71 bits per heavy atom. The first kappa shape index (κ1) is 14.6. The first-order chi connectivity index (χ1) is 10.1. The molecule has 1 aliphatic rings. The monoisotopic (exact) mass is 357 g/mol. The number of rotatable bonds is 2. The van der Waals surface area contributed by atoms with Crippen LogP contribution in [0.2, 0.25) is 0 Å². The zero-order valence-electron chi connectivity index (χ0n) is 11.2. The van der Waals surface area contributed by atoms with E-state index in [2.05, 4.69) is 31.4 Å². The maximum Gasteiger partial charge on any atom is 0.263 e. The lowest BCUT2D eigenvalue weighted by Crippen LogP contribution is -2.21. The van der Waals surface area contributed by atoms with Crippen molar-refractivity contribution in [3.8, 4) is 11.5 Å². The number of benzene rings is 1. The second-order valence-electron chi connectivity index (χ2n) is 5.06. The van der Waals surface area contributed by atoms with Gasteiger partial charge in [0.25, 0.3) is 5.89 Å². The van der Waals surface area contributed by atoms with Gasteiger partial charge in [0.15, 0.2) is 5.82 Å². The fourth-order valence-electron chi connectivity index (χ4n) is 2.47. The van der Waals surface area contributed by atoms with Gasteiger partial charge in [0.2, 0.25) is 0 Å². The van der Waals surface area contributed by atoms with Crippen LogP contribution < -0.4 is 5.32 Å². The van der Waals surface area contributed by atoms with Crippen molar-refractivity contribution in [2.24, 2.45) is 0 Å². The van der Waals surface area contributed by atoms with Crippen LogP contribution in [0.1, 0.15) is 37.5 Å². The summed E-state index contributed by atoms with van der Waals surface area (Å²) in [4.78, 5) is 4.16. The summed E-state index contributed by atoms with van der Waals surface area (Å²) >= 11 is 3.04. The van der Waals surface area contributed by atoms with E-state index in [-0.39, 0.29) is 17.5 Å². The number of nitrogens with one attached hydrogen (secondary N) is 1. The fourth-order valence-corrected chi connectivity index (χ4v) is 2.88. The molecule has 0 amide bonds. The van der Waals surface area contributed by atoms with Gasteiger partial charge in [-0.15, -0.1) is 0 Å². The quantitative estimate of drug-likeness (QED) is 0.882. The lowest BCUT2D eigenvalue weighted by molar-refractivity contribution is 0.399. The molecule has 2 heterocycles. The molecule has 1 aromatic heterocycles. The van der Waals surface area contributed by atoms with Crippen molar-refractivity contribution in [3.05, 3.63) is 34.1 Å². The van der Waals surface area contributed by atoms with Crippen LogP contribution in [-0.2, 0) is 0 Å². The van der Waals surface area contributed by atoms with Crippen molar-refractivity contribution in [2.45, 2.75) is 31.7 Å². The number of aromatic nitrogens is 2. The molecule has 21 heavy (non-hydrogen) atoms. The summed E-state index contributed by atoms with van der Waals surface area (Å²) in [7, 11) is 0. The molecule has 4 nitrogen and oxygen atoms in total. The molecule has 112 valence electrons. The van der Waals surface area contributed by atoms with Gasteiger partial charge in [0.1, 0.15) is 17.2 Å². The molecular formula is C14H14BrF2N3O. The lowest BCUT2D eigenvalue weighted by atomic mass is 10.1. The van der Waals surface area contributed by atoms with Gasteiger partial charge in [-0.1, -0.05) is 33.9 Å². The minimum absolute atomic E-state index is 0.0217. The van der Waals surface area contributed by atoms with Gasteiger partial charge in [-0.25, -0.2) is 8.78 Å². The van der Waals surface area contributed by atoms with Gasteiger partial charge in [0, 0.05) is 4.47 Å². The number of hydrogen-bond donors (Lipinski definition) is 1. The minimum atomic E-state index is -0.731. The summed E-state index contributed by atoms with van der Waals surface area (Å²) in [5.41, 5.74) is -0.287. The predicted octanol–water partition coefficient (Wildman–Crippen LogP) is 3.98. The molecule has 0 spiro atoms. The molecule has 1 fully saturated rings. The molecule has 1 atom stereocenters. The molecule has 1 N–H and O–H groups in total. The number of halogens is 3. The summed E-state index contributed by atoms with van der Waals surface area (Å²) in [5.74, 6) is -1.14. The van der Waals surface area contributed by atoms with Crippen molar-refractivity contribution in [2.75, 3.05) is 6.54 Å². The van der Waals surface area contributed by atoms with E-state index in [1.165, 1.54) is 12.1 Å². The van der Waals surface area contributed by atoms with Gasteiger partial charge < -0.3 is 9.84 Å². The molecule has 0 aliphatic carbocycles. The molecule has 7 heteroatoms. The lowest BCUT2D eigenvalue weighted by Gasteiger charge is -2.09. The predicted molar refractivity (Wildman–Crippen MR) is 76.6 cm³/mol. The Balaban J connectivity index is 1.91. The topological polar surface area (TPSA) is 51.0 Å². The van der Waals surface area contributed by atoms with E-state index in [0.29, 0.717) is 10.3 Å². The molecule has 0 saturated carbocycles. The molecule has 0 radical (unpaired) electrons. The van der Waals surface area contributed by atoms with Gasteiger partial charge in [-0.05, 0) is 31.5 Å². The molecule has 1 unspecified atom stereocenters.